The molecule has 0 unspecified atom stereocenters. The van der Waals surface area contributed by atoms with E-state index in [2.05, 4.69) is 0 Å². The van der Waals surface area contributed by atoms with Crippen molar-refractivity contribution in [1.82, 2.24) is 4.57 Å². The quantitative estimate of drug-likeness (QED) is 0.855. The zero-order valence-electron chi connectivity index (χ0n) is 12.1. The van der Waals surface area contributed by atoms with Crippen LogP contribution in [0.15, 0.2) is 18.2 Å². The first-order chi connectivity index (χ1) is 10.0. The monoisotopic (exact) mass is 309 g/mol. The van der Waals surface area contributed by atoms with Crippen LogP contribution in [0.1, 0.15) is 30.7 Å². The van der Waals surface area contributed by atoms with Crippen LogP contribution in [0.25, 0.3) is 10.9 Å². The number of carboxylic acid groups (broad SMARTS) is 1. The molecule has 2 aromatic rings. The van der Waals surface area contributed by atoms with E-state index in [4.69, 9.17) is 5.26 Å². The molecule has 0 atom stereocenters. The Kier molecular flexibility index (Phi) is 3.44. The van der Waals surface area contributed by atoms with E-state index in [1.54, 1.807) is 0 Å². The van der Waals surface area contributed by atoms with E-state index in [0.717, 1.165) is 6.07 Å². The van der Waals surface area contributed by atoms with Crippen LogP contribution in [0.4, 0.5) is 13.2 Å². The third-order valence-corrected chi connectivity index (χ3v) is 3.63. The minimum Gasteiger partial charge on any atom is -0.548 e. The summed E-state index contributed by atoms with van der Waals surface area (Å²) in [4.78, 5) is 11.3. The molecule has 7 heteroatoms. The number of fused-ring (bicyclic) bond motifs is 1. The third kappa shape index (κ3) is 2.21. The Morgan fingerprint density at radius 3 is 2.36 bits per heavy atom. The molecule has 0 spiro atoms. The van der Waals surface area contributed by atoms with Crippen molar-refractivity contribution < 1.29 is 23.1 Å². The number of nitriles is 1. The fraction of sp³-hybridized carbons (Fsp3) is 0.333. The van der Waals surface area contributed by atoms with Crippen LogP contribution in [0.2, 0.25) is 0 Å². The van der Waals surface area contributed by atoms with Crippen molar-refractivity contribution in [3.8, 4) is 6.07 Å². The summed E-state index contributed by atoms with van der Waals surface area (Å²) in [6, 6.07) is 5.13. The number of benzene rings is 1. The summed E-state index contributed by atoms with van der Waals surface area (Å²) in [7, 11) is 0. The molecule has 1 aromatic heterocycles. The highest BCUT2D eigenvalue weighted by Gasteiger charge is 2.37. The minimum atomic E-state index is -4.71. The normalized spacial score (nSPS) is 12.4. The zero-order valence-corrected chi connectivity index (χ0v) is 12.1. The van der Waals surface area contributed by atoms with Gasteiger partial charge in [0, 0.05) is 16.6 Å². The standard InChI is InChI=1S/C15H13F3N2O2/c1-8-6-10-11(20(8)14(2,3)13(21)22)5-4-9(7-19)12(10)15(16,17)18/h4-6H,1-3H3,(H,21,22)/p-1. The largest absolute Gasteiger partial charge is 0.548 e. The van der Waals surface area contributed by atoms with E-state index in [9.17, 15) is 23.1 Å². The van der Waals surface area contributed by atoms with Gasteiger partial charge in [-0.05, 0) is 39.0 Å². The number of carbonyl (C=O) groups is 1. The van der Waals surface area contributed by atoms with Crippen LogP contribution >= 0.6 is 0 Å². The van der Waals surface area contributed by atoms with Gasteiger partial charge in [-0.15, -0.1) is 0 Å². The molecule has 0 saturated heterocycles. The van der Waals surface area contributed by atoms with Crippen LogP contribution in [-0.4, -0.2) is 10.5 Å². The van der Waals surface area contributed by atoms with Gasteiger partial charge < -0.3 is 14.5 Å². The molecular formula is C15H12F3N2O2-. The van der Waals surface area contributed by atoms with Crippen molar-refractivity contribution in [2.75, 3.05) is 0 Å². The summed E-state index contributed by atoms with van der Waals surface area (Å²) in [6.07, 6.45) is -4.71. The Bertz CT molecular complexity index is 811. The number of halogens is 3. The average molecular weight is 309 g/mol. The molecule has 0 saturated carbocycles. The molecule has 4 nitrogen and oxygen atoms in total. The number of rotatable bonds is 2. The SMILES string of the molecule is Cc1cc2c(C(F)(F)F)c(C#N)ccc2n1C(C)(C)C(=O)[O-]. The number of carbonyl (C=O) groups excluding carboxylic acids is 1. The van der Waals surface area contributed by atoms with E-state index in [1.807, 2.05) is 0 Å². The number of alkyl halides is 3. The van der Waals surface area contributed by atoms with Gasteiger partial charge in [0.25, 0.3) is 0 Å². The topological polar surface area (TPSA) is 68.8 Å². The van der Waals surface area contributed by atoms with E-state index in [0.29, 0.717) is 5.69 Å². The Labute approximate surface area is 124 Å². The van der Waals surface area contributed by atoms with Crippen molar-refractivity contribution in [3.63, 3.8) is 0 Å². The predicted molar refractivity (Wildman–Crippen MR) is 70.7 cm³/mol. The number of aromatic nitrogens is 1. The number of carboxylic acids is 1. The number of aryl methyl sites for hydroxylation is 1. The van der Waals surface area contributed by atoms with Crippen molar-refractivity contribution in [2.45, 2.75) is 32.5 Å². The molecule has 0 aliphatic rings. The molecule has 2 rings (SSSR count). The lowest BCUT2D eigenvalue weighted by Gasteiger charge is -2.30. The first kappa shape index (κ1) is 15.9. The van der Waals surface area contributed by atoms with Crippen LogP contribution in [0, 0.1) is 18.3 Å². The summed E-state index contributed by atoms with van der Waals surface area (Å²) < 4.78 is 41.1. The molecule has 116 valence electrons. The molecular weight excluding hydrogens is 297 g/mol. The summed E-state index contributed by atoms with van der Waals surface area (Å²) in [5.41, 5.74) is -2.64. The van der Waals surface area contributed by atoms with E-state index >= 15 is 0 Å². The summed E-state index contributed by atoms with van der Waals surface area (Å²) >= 11 is 0. The lowest BCUT2D eigenvalue weighted by Crippen LogP contribution is -2.46. The summed E-state index contributed by atoms with van der Waals surface area (Å²) in [6.45, 7) is 4.21. The molecule has 1 aromatic carbocycles. The van der Waals surface area contributed by atoms with Crippen molar-refractivity contribution >= 4 is 16.9 Å². The molecule has 0 N–H and O–H groups in total. The molecule has 0 aliphatic heterocycles. The fourth-order valence-corrected chi connectivity index (χ4v) is 2.64. The molecule has 22 heavy (non-hydrogen) atoms. The summed E-state index contributed by atoms with van der Waals surface area (Å²) in [5, 5.41) is 20.0. The highest BCUT2D eigenvalue weighted by molar-refractivity contribution is 5.89. The number of hydrogen-bond donors (Lipinski definition) is 0. The maximum Gasteiger partial charge on any atom is 0.418 e. The Hall–Kier alpha value is -2.49. The van der Waals surface area contributed by atoms with Gasteiger partial charge in [-0.1, -0.05) is 0 Å². The molecule has 1 heterocycles. The molecule has 0 bridgehead atoms. The predicted octanol–water partition coefficient (Wildman–Crippen LogP) is 2.33. The van der Waals surface area contributed by atoms with E-state index < -0.39 is 28.8 Å². The number of nitrogens with zero attached hydrogens (tertiary/aromatic N) is 2. The lowest BCUT2D eigenvalue weighted by molar-refractivity contribution is -0.315. The van der Waals surface area contributed by atoms with Gasteiger partial charge in [0.05, 0.1) is 28.7 Å². The molecule has 0 amide bonds. The molecule has 0 fully saturated rings. The highest BCUT2D eigenvalue weighted by Crippen LogP contribution is 2.39. The van der Waals surface area contributed by atoms with Crippen molar-refractivity contribution in [2.24, 2.45) is 0 Å². The van der Waals surface area contributed by atoms with Crippen LogP contribution in [0.3, 0.4) is 0 Å². The lowest BCUT2D eigenvalue weighted by atomic mass is 10.0. The van der Waals surface area contributed by atoms with Gasteiger partial charge in [-0.3, -0.25) is 0 Å². The third-order valence-electron chi connectivity index (χ3n) is 3.63. The first-order valence-corrected chi connectivity index (χ1v) is 6.36. The van der Waals surface area contributed by atoms with Gasteiger partial charge in [0.15, 0.2) is 0 Å². The maximum absolute atomic E-state index is 13.3. The van der Waals surface area contributed by atoms with Gasteiger partial charge in [-0.2, -0.15) is 18.4 Å². The maximum atomic E-state index is 13.3. The van der Waals surface area contributed by atoms with Gasteiger partial charge in [0.2, 0.25) is 0 Å². The molecule has 0 radical (unpaired) electrons. The number of hydrogen-bond acceptors (Lipinski definition) is 3. The second kappa shape index (κ2) is 4.77. The number of aliphatic carboxylic acids is 1. The van der Waals surface area contributed by atoms with E-state index in [-0.39, 0.29) is 10.9 Å². The average Bonchev–Trinajstić information content (AvgIpc) is 2.71. The van der Waals surface area contributed by atoms with Gasteiger partial charge >= 0.3 is 6.18 Å². The van der Waals surface area contributed by atoms with Gasteiger partial charge in [0.1, 0.15) is 0 Å². The molecule has 0 aliphatic carbocycles. The Morgan fingerprint density at radius 2 is 1.91 bits per heavy atom. The van der Waals surface area contributed by atoms with Crippen molar-refractivity contribution in [1.29, 1.82) is 5.26 Å². The fourth-order valence-electron chi connectivity index (χ4n) is 2.64. The smallest absolute Gasteiger partial charge is 0.418 e. The highest BCUT2D eigenvalue weighted by atomic mass is 19.4. The van der Waals surface area contributed by atoms with E-state index in [1.165, 1.54) is 43.5 Å². The van der Waals surface area contributed by atoms with Crippen LogP contribution in [0.5, 0.6) is 0 Å². The van der Waals surface area contributed by atoms with Crippen LogP contribution in [-0.2, 0) is 16.5 Å². The Balaban J connectivity index is 2.96. The summed E-state index contributed by atoms with van der Waals surface area (Å²) in [5.74, 6) is -1.41. The van der Waals surface area contributed by atoms with Crippen LogP contribution < -0.4 is 5.11 Å². The van der Waals surface area contributed by atoms with Gasteiger partial charge in [-0.25, -0.2) is 0 Å². The first-order valence-electron chi connectivity index (χ1n) is 6.36. The minimum absolute atomic E-state index is 0.0954. The second-order valence-electron chi connectivity index (χ2n) is 5.50. The second-order valence-corrected chi connectivity index (χ2v) is 5.50. The Morgan fingerprint density at radius 1 is 1.32 bits per heavy atom. The van der Waals surface area contributed by atoms with Crippen molar-refractivity contribution in [3.05, 3.63) is 35.0 Å². The zero-order chi connectivity index (χ0) is 16.9.